The summed E-state index contributed by atoms with van der Waals surface area (Å²) in [7, 11) is 0. The van der Waals surface area contributed by atoms with Gasteiger partial charge in [-0.25, -0.2) is 0 Å². The first-order valence-corrected chi connectivity index (χ1v) is 11.4. The van der Waals surface area contributed by atoms with Crippen LogP contribution in [0.4, 0.5) is 0 Å². The van der Waals surface area contributed by atoms with Gasteiger partial charge < -0.3 is 9.47 Å². The first kappa shape index (κ1) is 24.0. The van der Waals surface area contributed by atoms with E-state index in [1.165, 1.54) is 38.5 Å². The molecule has 0 heterocycles. The van der Waals surface area contributed by atoms with Crippen molar-refractivity contribution in [3.8, 4) is 0 Å². The molecule has 27 heavy (non-hydrogen) atoms. The van der Waals surface area contributed by atoms with Crippen LogP contribution in [0.1, 0.15) is 104 Å². The SMILES string of the molecule is CCCOC(=O)C1CCCC(C(=O)OCCCCCCCCCC(C)C)C1. The van der Waals surface area contributed by atoms with Crippen molar-refractivity contribution in [2.24, 2.45) is 17.8 Å². The highest BCUT2D eigenvalue weighted by atomic mass is 16.5. The van der Waals surface area contributed by atoms with E-state index in [9.17, 15) is 9.59 Å². The van der Waals surface area contributed by atoms with Crippen molar-refractivity contribution in [2.45, 2.75) is 104 Å². The third-order valence-electron chi connectivity index (χ3n) is 5.46. The summed E-state index contributed by atoms with van der Waals surface area (Å²) in [6.45, 7) is 7.55. The summed E-state index contributed by atoms with van der Waals surface area (Å²) in [6, 6.07) is 0. The predicted molar refractivity (Wildman–Crippen MR) is 109 cm³/mol. The number of esters is 2. The van der Waals surface area contributed by atoms with Gasteiger partial charge in [0.25, 0.3) is 0 Å². The largest absolute Gasteiger partial charge is 0.465 e. The number of ether oxygens (including phenoxy) is 2. The molecule has 1 fully saturated rings. The number of unbranched alkanes of at least 4 members (excludes halogenated alkanes) is 6. The first-order valence-electron chi connectivity index (χ1n) is 11.4. The van der Waals surface area contributed by atoms with Crippen molar-refractivity contribution in [1.82, 2.24) is 0 Å². The average Bonchev–Trinajstić information content (AvgIpc) is 2.67. The molecule has 158 valence electrons. The van der Waals surface area contributed by atoms with E-state index >= 15 is 0 Å². The van der Waals surface area contributed by atoms with Gasteiger partial charge in [0.2, 0.25) is 0 Å². The zero-order chi connectivity index (χ0) is 19.9. The van der Waals surface area contributed by atoms with E-state index in [0.717, 1.165) is 44.4 Å². The van der Waals surface area contributed by atoms with Crippen molar-refractivity contribution in [2.75, 3.05) is 13.2 Å². The van der Waals surface area contributed by atoms with Crippen molar-refractivity contribution < 1.29 is 19.1 Å². The van der Waals surface area contributed by atoms with Crippen LogP contribution in [-0.2, 0) is 19.1 Å². The van der Waals surface area contributed by atoms with Gasteiger partial charge in [-0.2, -0.15) is 0 Å². The van der Waals surface area contributed by atoms with Crippen LogP contribution in [0, 0.1) is 17.8 Å². The van der Waals surface area contributed by atoms with Gasteiger partial charge >= 0.3 is 11.9 Å². The van der Waals surface area contributed by atoms with E-state index in [-0.39, 0.29) is 23.8 Å². The summed E-state index contributed by atoms with van der Waals surface area (Å²) in [4.78, 5) is 24.3. The molecule has 0 aromatic carbocycles. The van der Waals surface area contributed by atoms with Gasteiger partial charge in [0.1, 0.15) is 0 Å². The first-order chi connectivity index (χ1) is 13.0. The van der Waals surface area contributed by atoms with Gasteiger partial charge in [0.05, 0.1) is 25.0 Å². The fourth-order valence-electron chi connectivity index (χ4n) is 3.77. The highest BCUT2D eigenvalue weighted by molar-refractivity contribution is 5.76. The van der Waals surface area contributed by atoms with E-state index in [1.54, 1.807) is 0 Å². The Balaban J connectivity index is 2.05. The summed E-state index contributed by atoms with van der Waals surface area (Å²) >= 11 is 0. The quantitative estimate of drug-likeness (QED) is 0.270. The van der Waals surface area contributed by atoms with Crippen molar-refractivity contribution in [3.05, 3.63) is 0 Å². The molecule has 0 radical (unpaired) electrons. The monoisotopic (exact) mass is 382 g/mol. The van der Waals surface area contributed by atoms with Crippen LogP contribution in [-0.4, -0.2) is 25.2 Å². The summed E-state index contributed by atoms with van der Waals surface area (Å²) < 4.78 is 10.7. The molecular weight excluding hydrogens is 340 g/mol. The van der Waals surface area contributed by atoms with Gasteiger partial charge in [-0.05, 0) is 38.0 Å². The molecule has 1 rings (SSSR count). The zero-order valence-corrected chi connectivity index (χ0v) is 18.0. The number of carbonyl (C=O) groups excluding carboxylic acids is 2. The van der Waals surface area contributed by atoms with Gasteiger partial charge in [0.15, 0.2) is 0 Å². The van der Waals surface area contributed by atoms with E-state index in [0.29, 0.717) is 19.6 Å². The highest BCUT2D eigenvalue weighted by Crippen LogP contribution is 2.31. The fourth-order valence-corrected chi connectivity index (χ4v) is 3.77. The van der Waals surface area contributed by atoms with Crippen molar-refractivity contribution in [3.63, 3.8) is 0 Å². The van der Waals surface area contributed by atoms with Gasteiger partial charge in [-0.15, -0.1) is 0 Å². The molecular formula is C23H42O4. The second-order valence-electron chi connectivity index (χ2n) is 8.55. The standard InChI is InChI=1S/C23H42O4/c1-4-16-26-22(24)20-14-12-15-21(18-20)23(25)27-17-11-9-7-5-6-8-10-13-19(2)3/h19-21H,4-18H2,1-3H3. The normalized spacial score (nSPS) is 19.9. The number of carbonyl (C=O) groups is 2. The lowest BCUT2D eigenvalue weighted by molar-refractivity contribution is -0.155. The molecule has 2 unspecified atom stereocenters. The lowest BCUT2D eigenvalue weighted by atomic mass is 9.81. The Hall–Kier alpha value is -1.06. The summed E-state index contributed by atoms with van der Waals surface area (Å²) in [5.41, 5.74) is 0. The Morgan fingerprint density at radius 3 is 1.89 bits per heavy atom. The minimum Gasteiger partial charge on any atom is -0.465 e. The molecule has 0 N–H and O–H groups in total. The molecule has 4 nitrogen and oxygen atoms in total. The third kappa shape index (κ3) is 11.4. The molecule has 1 aliphatic rings. The van der Waals surface area contributed by atoms with E-state index in [2.05, 4.69) is 13.8 Å². The Labute approximate surface area is 166 Å². The number of hydrogen-bond donors (Lipinski definition) is 0. The Kier molecular flexibility index (Phi) is 13.3. The maximum absolute atomic E-state index is 12.3. The lowest BCUT2D eigenvalue weighted by Gasteiger charge is -2.26. The molecule has 1 aliphatic carbocycles. The summed E-state index contributed by atoms with van der Waals surface area (Å²) in [5.74, 6) is 0.318. The Bertz CT molecular complexity index is 405. The van der Waals surface area contributed by atoms with Crippen LogP contribution in [0.15, 0.2) is 0 Å². The Morgan fingerprint density at radius 1 is 0.815 bits per heavy atom. The van der Waals surface area contributed by atoms with E-state index < -0.39 is 0 Å². The molecule has 0 aromatic heterocycles. The smallest absolute Gasteiger partial charge is 0.308 e. The maximum Gasteiger partial charge on any atom is 0.308 e. The van der Waals surface area contributed by atoms with Crippen LogP contribution in [0.2, 0.25) is 0 Å². The van der Waals surface area contributed by atoms with E-state index in [4.69, 9.17) is 9.47 Å². The van der Waals surface area contributed by atoms with Crippen molar-refractivity contribution >= 4 is 11.9 Å². The molecule has 4 heteroatoms. The average molecular weight is 383 g/mol. The van der Waals surface area contributed by atoms with Crippen LogP contribution in [0.25, 0.3) is 0 Å². The second kappa shape index (κ2) is 14.9. The minimum atomic E-state index is -0.136. The molecule has 0 saturated heterocycles. The maximum atomic E-state index is 12.3. The second-order valence-corrected chi connectivity index (χ2v) is 8.55. The van der Waals surface area contributed by atoms with Gasteiger partial charge in [-0.3, -0.25) is 9.59 Å². The van der Waals surface area contributed by atoms with Crippen LogP contribution < -0.4 is 0 Å². The highest BCUT2D eigenvalue weighted by Gasteiger charge is 2.32. The van der Waals surface area contributed by atoms with Crippen molar-refractivity contribution in [1.29, 1.82) is 0 Å². The van der Waals surface area contributed by atoms with Crippen LogP contribution in [0.3, 0.4) is 0 Å². The minimum absolute atomic E-state index is 0.114. The van der Waals surface area contributed by atoms with Crippen LogP contribution in [0.5, 0.6) is 0 Å². The molecule has 0 spiro atoms. The Morgan fingerprint density at radius 2 is 1.33 bits per heavy atom. The molecule has 2 atom stereocenters. The van der Waals surface area contributed by atoms with Crippen LogP contribution >= 0.6 is 0 Å². The molecule has 0 amide bonds. The molecule has 0 aromatic rings. The number of hydrogen-bond acceptors (Lipinski definition) is 4. The lowest BCUT2D eigenvalue weighted by Crippen LogP contribution is -2.30. The summed E-state index contributed by atoms with van der Waals surface area (Å²) in [5, 5.41) is 0. The summed E-state index contributed by atoms with van der Waals surface area (Å²) in [6.07, 6.45) is 14.0. The third-order valence-corrected chi connectivity index (χ3v) is 5.46. The number of rotatable bonds is 14. The topological polar surface area (TPSA) is 52.6 Å². The molecule has 1 saturated carbocycles. The predicted octanol–water partition coefficient (Wildman–Crippen LogP) is 6.07. The van der Waals surface area contributed by atoms with Gasteiger partial charge in [-0.1, -0.05) is 72.1 Å². The zero-order valence-electron chi connectivity index (χ0n) is 18.0. The van der Waals surface area contributed by atoms with Gasteiger partial charge in [0, 0.05) is 0 Å². The fraction of sp³-hybridized carbons (Fsp3) is 0.913. The molecule has 0 aliphatic heterocycles. The van der Waals surface area contributed by atoms with E-state index in [1.807, 2.05) is 6.92 Å². The molecule has 0 bridgehead atoms.